The van der Waals surface area contributed by atoms with Crippen molar-refractivity contribution in [2.24, 2.45) is 5.73 Å². The Hall–Kier alpha value is -2.82. The standard InChI is InChI=1S/C17H16N2O3/c18-17(21)15-10-12-6-4-5-9-14(12)19(15)16(20)11-22-13-7-2-1-3-8-13/h1-9,15H,10-11H2,(H2,18,21). The third-order valence-electron chi connectivity index (χ3n) is 3.68. The van der Waals surface area contributed by atoms with Gasteiger partial charge in [0.2, 0.25) is 5.91 Å². The highest BCUT2D eigenvalue weighted by molar-refractivity contribution is 6.03. The van der Waals surface area contributed by atoms with Gasteiger partial charge in [0.1, 0.15) is 11.8 Å². The Bertz CT molecular complexity index is 700. The number of nitrogens with zero attached hydrogens (tertiary/aromatic N) is 1. The summed E-state index contributed by atoms with van der Waals surface area (Å²) in [5.74, 6) is -0.180. The summed E-state index contributed by atoms with van der Waals surface area (Å²) in [4.78, 5) is 25.6. The van der Waals surface area contributed by atoms with E-state index < -0.39 is 11.9 Å². The van der Waals surface area contributed by atoms with Crippen molar-refractivity contribution in [3.8, 4) is 5.75 Å². The number of anilines is 1. The first-order valence-electron chi connectivity index (χ1n) is 7.04. The fourth-order valence-corrected chi connectivity index (χ4v) is 2.65. The van der Waals surface area contributed by atoms with Crippen molar-refractivity contribution < 1.29 is 14.3 Å². The van der Waals surface area contributed by atoms with Gasteiger partial charge in [-0.15, -0.1) is 0 Å². The van der Waals surface area contributed by atoms with E-state index in [2.05, 4.69) is 0 Å². The van der Waals surface area contributed by atoms with Crippen LogP contribution in [-0.2, 0) is 16.0 Å². The van der Waals surface area contributed by atoms with Crippen LogP contribution in [0.15, 0.2) is 54.6 Å². The molecule has 1 aliphatic rings. The number of primary amides is 1. The molecule has 2 amide bonds. The topological polar surface area (TPSA) is 72.6 Å². The number of carbonyl (C=O) groups excluding carboxylic acids is 2. The number of carbonyl (C=O) groups is 2. The van der Waals surface area contributed by atoms with Crippen LogP contribution in [-0.4, -0.2) is 24.5 Å². The fourth-order valence-electron chi connectivity index (χ4n) is 2.65. The molecule has 2 N–H and O–H groups in total. The van der Waals surface area contributed by atoms with Gasteiger partial charge < -0.3 is 10.5 Å². The van der Waals surface area contributed by atoms with Gasteiger partial charge >= 0.3 is 0 Å². The predicted molar refractivity (Wildman–Crippen MR) is 82.6 cm³/mol. The molecule has 0 radical (unpaired) electrons. The van der Waals surface area contributed by atoms with Crippen molar-refractivity contribution in [3.63, 3.8) is 0 Å². The molecule has 0 aromatic heterocycles. The Morgan fingerprint density at radius 2 is 1.77 bits per heavy atom. The first-order valence-corrected chi connectivity index (χ1v) is 7.04. The molecule has 112 valence electrons. The number of hydrogen-bond donors (Lipinski definition) is 1. The molecule has 22 heavy (non-hydrogen) atoms. The van der Waals surface area contributed by atoms with Gasteiger partial charge in [0.15, 0.2) is 6.61 Å². The highest BCUT2D eigenvalue weighted by atomic mass is 16.5. The fraction of sp³-hybridized carbons (Fsp3) is 0.176. The van der Waals surface area contributed by atoms with E-state index in [1.54, 1.807) is 12.1 Å². The molecule has 2 aromatic carbocycles. The average molecular weight is 296 g/mol. The quantitative estimate of drug-likeness (QED) is 0.929. The van der Waals surface area contributed by atoms with Gasteiger partial charge in [-0.2, -0.15) is 0 Å². The van der Waals surface area contributed by atoms with Crippen molar-refractivity contribution in [1.29, 1.82) is 0 Å². The number of hydrogen-bond acceptors (Lipinski definition) is 3. The van der Waals surface area contributed by atoms with E-state index in [4.69, 9.17) is 10.5 Å². The molecule has 1 heterocycles. The number of para-hydroxylation sites is 2. The monoisotopic (exact) mass is 296 g/mol. The summed E-state index contributed by atoms with van der Waals surface area (Å²) in [6.45, 7) is -0.137. The summed E-state index contributed by atoms with van der Waals surface area (Å²) < 4.78 is 5.48. The van der Waals surface area contributed by atoms with Gasteiger partial charge in [0, 0.05) is 12.1 Å². The lowest BCUT2D eigenvalue weighted by molar-refractivity contribution is -0.125. The summed E-state index contributed by atoms with van der Waals surface area (Å²) in [5.41, 5.74) is 7.11. The van der Waals surface area contributed by atoms with Gasteiger partial charge in [-0.1, -0.05) is 36.4 Å². The van der Waals surface area contributed by atoms with Gasteiger partial charge in [0.05, 0.1) is 0 Å². The smallest absolute Gasteiger partial charge is 0.265 e. The van der Waals surface area contributed by atoms with Crippen molar-refractivity contribution in [2.75, 3.05) is 11.5 Å². The van der Waals surface area contributed by atoms with Crippen molar-refractivity contribution >= 4 is 17.5 Å². The third kappa shape index (κ3) is 2.65. The van der Waals surface area contributed by atoms with Gasteiger partial charge in [0.25, 0.3) is 5.91 Å². The van der Waals surface area contributed by atoms with Crippen LogP contribution in [0.2, 0.25) is 0 Å². The zero-order valence-electron chi connectivity index (χ0n) is 11.9. The Balaban J connectivity index is 1.78. The van der Waals surface area contributed by atoms with Crippen LogP contribution < -0.4 is 15.4 Å². The summed E-state index contributed by atoms with van der Waals surface area (Å²) in [6, 6.07) is 15.9. The summed E-state index contributed by atoms with van der Waals surface area (Å²) in [5, 5.41) is 0. The number of amides is 2. The Morgan fingerprint density at radius 3 is 2.50 bits per heavy atom. The molecule has 1 atom stereocenters. The van der Waals surface area contributed by atoms with Gasteiger partial charge in [-0.25, -0.2) is 0 Å². The molecule has 0 bridgehead atoms. The molecule has 1 aliphatic heterocycles. The third-order valence-corrected chi connectivity index (χ3v) is 3.68. The Kier molecular flexibility index (Phi) is 3.78. The van der Waals surface area contributed by atoms with E-state index in [1.165, 1.54) is 4.90 Å². The van der Waals surface area contributed by atoms with Crippen LogP contribution in [0.1, 0.15) is 5.56 Å². The van der Waals surface area contributed by atoms with Crippen molar-refractivity contribution in [1.82, 2.24) is 0 Å². The molecular formula is C17H16N2O3. The minimum atomic E-state index is -0.649. The number of rotatable bonds is 4. The van der Waals surface area contributed by atoms with E-state index in [-0.39, 0.29) is 12.5 Å². The lowest BCUT2D eigenvalue weighted by Crippen LogP contribution is -2.47. The number of benzene rings is 2. The van der Waals surface area contributed by atoms with Crippen LogP contribution in [0.25, 0.3) is 0 Å². The van der Waals surface area contributed by atoms with Crippen LogP contribution in [0.3, 0.4) is 0 Å². The predicted octanol–water partition coefficient (Wildman–Crippen LogP) is 1.51. The number of ether oxygens (including phenoxy) is 1. The molecule has 0 aliphatic carbocycles. The lowest BCUT2D eigenvalue weighted by atomic mass is 10.1. The van der Waals surface area contributed by atoms with Crippen molar-refractivity contribution in [2.45, 2.75) is 12.5 Å². The van der Waals surface area contributed by atoms with Gasteiger partial charge in [-0.3, -0.25) is 14.5 Å². The number of nitrogens with two attached hydrogens (primary N) is 1. The van der Waals surface area contributed by atoms with Crippen LogP contribution in [0.4, 0.5) is 5.69 Å². The first kappa shape index (κ1) is 14.1. The zero-order chi connectivity index (χ0) is 15.5. The van der Waals surface area contributed by atoms with Gasteiger partial charge in [-0.05, 0) is 23.8 Å². The second-order valence-corrected chi connectivity index (χ2v) is 5.12. The number of fused-ring (bicyclic) bond motifs is 1. The largest absolute Gasteiger partial charge is 0.484 e. The minimum absolute atomic E-state index is 0.137. The zero-order valence-corrected chi connectivity index (χ0v) is 11.9. The molecule has 2 aromatic rings. The molecule has 0 fully saturated rings. The van der Waals surface area contributed by atoms with E-state index in [0.29, 0.717) is 12.2 Å². The van der Waals surface area contributed by atoms with E-state index in [9.17, 15) is 9.59 Å². The first-order chi connectivity index (χ1) is 10.7. The highest BCUT2D eigenvalue weighted by Gasteiger charge is 2.37. The Morgan fingerprint density at radius 1 is 1.09 bits per heavy atom. The summed E-state index contributed by atoms with van der Waals surface area (Å²) in [6.07, 6.45) is 0.447. The maximum Gasteiger partial charge on any atom is 0.265 e. The molecule has 5 heteroatoms. The summed E-state index contributed by atoms with van der Waals surface area (Å²) >= 11 is 0. The van der Waals surface area contributed by atoms with Crippen molar-refractivity contribution in [3.05, 3.63) is 60.2 Å². The van der Waals surface area contributed by atoms with Crippen LogP contribution in [0.5, 0.6) is 5.75 Å². The average Bonchev–Trinajstić information content (AvgIpc) is 2.93. The van der Waals surface area contributed by atoms with E-state index in [0.717, 1.165) is 11.3 Å². The normalized spacial score (nSPS) is 16.2. The van der Waals surface area contributed by atoms with E-state index in [1.807, 2.05) is 42.5 Å². The van der Waals surface area contributed by atoms with E-state index >= 15 is 0 Å². The second kappa shape index (κ2) is 5.89. The molecular weight excluding hydrogens is 280 g/mol. The molecule has 0 saturated heterocycles. The molecule has 5 nitrogen and oxygen atoms in total. The molecule has 1 unspecified atom stereocenters. The highest BCUT2D eigenvalue weighted by Crippen LogP contribution is 2.32. The maximum atomic E-state index is 12.5. The second-order valence-electron chi connectivity index (χ2n) is 5.12. The molecule has 0 saturated carbocycles. The van der Waals surface area contributed by atoms with Crippen LogP contribution in [0, 0.1) is 0 Å². The minimum Gasteiger partial charge on any atom is -0.484 e. The van der Waals surface area contributed by atoms with Crippen LogP contribution >= 0.6 is 0 Å². The molecule has 3 rings (SSSR count). The summed E-state index contributed by atoms with van der Waals surface area (Å²) in [7, 11) is 0. The Labute approximate surface area is 128 Å². The molecule has 0 spiro atoms. The maximum absolute atomic E-state index is 12.5. The lowest BCUT2D eigenvalue weighted by Gasteiger charge is -2.23. The SMILES string of the molecule is NC(=O)C1Cc2ccccc2N1C(=O)COc1ccccc1.